The van der Waals surface area contributed by atoms with Crippen molar-refractivity contribution in [3.05, 3.63) is 0 Å². The van der Waals surface area contributed by atoms with Gasteiger partial charge in [0.05, 0.1) is 6.10 Å². The van der Waals surface area contributed by atoms with Gasteiger partial charge in [-0.25, -0.2) is 0 Å². The van der Waals surface area contributed by atoms with Crippen molar-refractivity contribution in [1.82, 2.24) is 10.2 Å². The van der Waals surface area contributed by atoms with E-state index in [1.807, 2.05) is 0 Å². The first kappa shape index (κ1) is 12.1. The molecule has 1 heterocycles. The van der Waals surface area contributed by atoms with Crippen LogP contribution in [0.4, 0.5) is 0 Å². The summed E-state index contributed by atoms with van der Waals surface area (Å²) in [6.07, 6.45) is 6.42. The van der Waals surface area contributed by atoms with Crippen LogP contribution < -0.4 is 5.32 Å². The Morgan fingerprint density at radius 1 is 1.44 bits per heavy atom. The molecule has 2 rings (SSSR count). The molecule has 2 aliphatic rings. The van der Waals surface area contributed by atoms with Gasteiger partial charge < -0.3 is 15.0 Å². The molecular formula is C12H22N2OS. The van der Waals surface area contributed by atoms with Crippen molar-refractivity contribution in [3.63, 3.8) is 0 Å². The first-order chi connectivity index (χ1) is 7.79. The van der Waals surface area contributed by atoms with E-state index in [0.29, 0.717) is 12.1 Å². The first-order valence-electron chi connectivity index (χ1n) is 6.46. The SMILES string of the molecule is CCCOC1CCCN(C(=S)NC2CC2)C1. The minimum Gasteiger partial charge on any atom is -0.376 e. The van der Waals surface area contributed by atoms with Crippen molar-refractivity contribution in [2.45, 2.75) is 51.2 Å². The fourth-order valence-corrected chi connectivity index (χ4v) is 2.37. The number of piperidine rings is 1. The van der Waals surface area contributed by atoms with E-state index < -0.39 is 0 Å². The Balaban J connectivity index is 1.73. The zero-order chi connectivity index (χ0) is 11.4. The molecule has 0 spiro atoms. The third-order valence-corrected chi connectivity index (χ3v) is 3.50. The van der Waals surface area contributed by atoms with E-state index in [1.165, 1.54) is 25.7 Å². The summed E-state index contributed by atoms with van der Waals surface area (Å²) in [5.41, 5.74) is 0. The second-order valence-electron chi connectivity index (χ2n) is 4.80. The van der Waals surface area contributed by atoms with Crippen LogP contribution in [-0.4, -0.2) is 41.9 Å². The van der Waals surface area contributed by atoms with Crippen molar-refractivity contribution in [3.8, 4) is 0 Å². The van der Waals surface area contributed by atoms with Crippen molar-refractivity contribution in [2.75, 3.05) is 19.7 Å². The largest absolute Gasteiger partial charge is 0.376 e. The van der Waals surface area contributed by atoms with E-state index in [0.717, 1.165) is 31.2 Å². The lowest BCUT2D eigenvalue weighted by atomic mass is 10.1. The Kier molecular flexibility index (Phi) is 4.41. The maximum atomic E-state index is 5.80. The Hall–Kier alpha value is -0.350. The second-order valence-corrected chi connectivity index (χ2v) is 5.19. The van der Waals surface area contributed by atoms with Crippen LogP contribution in [0.1, 0.15) is 39.0 Å². The average Bonchev–Trinajstić information content (AvgIpc) is 3.10. The molecule has 2 fully saturated rings. The molecule has 92 valence electrons. The number of thiocarbonyl (C=S) groups is 1. The van der Waals surface area contributed by atoms with E-state index in [1.54, 1.807) is 0 Å². The molecule has 3 nitrogen and oxygen atoms in total. The molecule has 0 amide bonds. The van der Waals surface area contributed by atoms with Gasteiger partial charge >= 0.3 is 0 Å². The predicted molar refractivity (Wildman–Crippen MR) is 69.6 cm³/mol. The summed E-state index contributed by atoms with van der Waals surface area (Å²) < 4.78 is 5.80. The monoisotopic (exact) mass is 242 g/mol. The number of rotatable bonds is 4. The van der Waals surface area contributed by atoms with Crippen LogP contribution in [0.2, 0.25) is 0 Å². The number of hydrogen-bond donors (Lipinski definition) is 1. The standard InChI is InChI=1S/C12H22N2OS/c1-2-8-15-11-4-3-7-14(9-11)12(16)13-10-5-6-10/h10-11H,2-9H2,1H3,(H,13,16). The predicted octanol–water partition coefficient (Wildman–Crippen LogP) is 1.91. The minimum atomic E-state index is 0.382. The van der Waals surface area contributed by atoms with Gasteiger partial charge in [-0.3, -0.25) is 0 Å². The Labute approximate surface area is 104 Å². The van der Waals surface area contributed by atoms with Gasteiger partial charge in [-0.05, 0) is 44.3 Å². The van der Waals surface area contributed by atoms with Crippen molar-refractivity contribution >= 4 is 17.3 Å². The van der Waals surface area contributed by atoms with Crippen LogP contribution in [0, 0.1) is 0 Å². The van der Waals surface area contributed by atoms with Gasteiger partial charge in [-0.2, -0.15) is 0 Å². The lowest BCUT2D eigenvalue weighted by Crippen LogP contribution is -2.48. The molecule has 1 aliphatic carbocycles. The summed E-state index contributed by atoms with van der Waals surface area (Å²) in [7, 11) is 0. The van der Waals surface area contributed by atoms with E-state index >= 15 is 0 Å². The molecule has 1 N–H and O–H groups in total. The molecule has 0 aromatic rings. The van der Waals surface area contributed by atoms with Crippen LogP contribution in [0.3, 0.4) is 0 Å². The maximum absolute atomic E-state index is 5.80. The van der Waals surface area contributed by atoms with E-state index in [-0.39, 0.29) is 0 Å². The summed E-state index contributed by atoms with van der Waals surface area (Å²) in [6, 6.07) is 0.657. The summed E-state index contributed by atoms with van der Waals surface area (Å²) in [6.45, 7) is 5.09. The van der Waals surface area contributed by atoms with Gasteiger partial charge in [-0.15, -0.1) is 0 Å². The number of nitrogens with zero attached hydrogens (tertiary/aromatic N) is 1. The van der Waals surface area contributed by atoms with E-state index in [2.05, 4.69) is 17.1 Å². The first-order valence-corrected chi connectivity index (χ1v) is 6.87. The smallest absolute Gasteiger partial charge is 0.169 e. The normalized spacial score (nSPS) is 25.6. The molecule has 1 saturated carbocycles. The van der Waals surface area contributed by atoms with Crippen molar-refractivity contribution in [1.29, 1.82) is 0 Å². The van der Waals surface area contributed by atoms with Crippen LogP contribution >= 0.6 is 12.2 Å². The number of hydrogen-bond acceptors (Lipinski definition) is 2. The number of nitrogens with one attached hydrogen (secondary N) is 1. The molecule has 0 aromatic heterocycles. The van der Waals surface area contributed by atoms with Gasteiger partial charge in [0.1, 0.15) is 0 Å². The van der Waals surface area contributed by atoms with Gasteiger partial charge in [0, 0.05) is 25.7 Å². The molecule has 0 aromatic carbocycles. The third kappa shape index (κ3) is 3.59. The molecular weight excluding hydrogens is 220 g/mol. The molecule has 1 atom stereocenters. The topological polar surface area (TPSA) is 24.5 Å². The third-order valence-electron chi connectivity index (χ3n) is 3.13. The van der Waals surface area contributed by atoms with Crippen LogP contribution in [0.15, 0.2) is 0 Å². The highest BCUT2D eigenvalue weighted by Gasteiger charge is 2.26. The molecule has 1 aliphatic heterocycles. The van der Waals surface area contributed by atoms with Gasteiger partial charge in [0.2, 0.25) is 0 Å². The Morgan fingerprint density at radius 2 is 2.25 bits per heavy atom. The molecule has 16 heavy (non-hydrogen) atoms. The molecule has 0 bridgehead atoms. The Bertz CT molecular complexity index is 243. The van der Waals surface area contributed by atoms with Crippen molar-refractivity contribution in [2.24, 2.45) is 0 Å². The van der Waals surface area contributed by atoms with Gasteiger partial charge in [-0.1, -0.05) is 6.92 Å². The second kappa shape index (κ2) is 5.82. The quantitative estimate of drug-likeness (QED) is 0.761. The Morgan fingerprint density at radius 3 is 2.94 bits per heavy atom. The lowest BCUT2D eigenvalue weighted by molar-refractivity contribution is 0.0164. The zero-order valence-corrected chi connectivity index (χ0v) is 10.9. The molecule has 1 unspecified atom stereocenters. The molecule has 0 radical (unpaired) electrons. The van der Waals surface area contributed by atoms with E-state index in [9.17, 15) is 0 Å². The highest BCUT2D eigenvalue weighted by Crippen LogP contribution is 2.20. The highest BCUT2D eigenvalue weighted by molar-refractivity contribution is 7.80. The van der Waals surface area contributed by atoms with Gasteiger partial charge in [0.15, 0.2) is 5.11 Å². The summed E-state index contributed by atoms with van der Waals surface area (Å²) >= 11 is 5.41. The fraction of sp³-hybridized carbons (Fsp3) is 0.917. The average molecular weight is 242 g/mol. The number of likely N-dealkylation sites (tertiary alicyclic amines) is 1. The van der Waals surface area contributed by atoms with Crippen LogP contribution in [0.5, 0.6) is 0 Å². The summed E-state index contributed by atoms with van der Waals surface area (Å²) in [5, 5.41) is 4.34. The fourth-order valence-electron chi connectivity index (χ4n) is 2.04. The number of ether oxygens (including phenoxy) is 1. The minimum absolute atomic E-state index is 0.382. The van der Waals surface area contributed by atoms with Gasteiger partial charge in [0.25, 0.3) is 0 Å². The molecule has 4 heteroatoms. The summed E-state index contributed by atoms with van der Waals surface area (Å²) in [4.78, 5) is 2.28. The zero-order valence-electron chi connectivity index (χ0n) is 10.1. The highest BCUT2D eigenvalue weighted by atomic mass is 32.1. The maximum Gasteiger partial charge on any atom is 0.169 e. The van der Waals surface area contributed by atoms with Crippen LogP contribution in [-0.2, 0) is 4.74 Å². The summed E-state index contributed by atoms with van der Waals surface area (Å²) in [5.74, 6) is 0. The van der Waals surface area contributed by atoms with Crippen LogP contribution in [0.25, 0.3) is 0 Å². The van der Waals surface area contributed by atoms with E-state index in [4.69, 9.17) is 17.0 Å². The molecule has 1 saturated heterocycles. The lowest BCUT2D eigenvalue weighted by Gasteiger charge is -2.34. The van der Waals surface area contributed by atoms with Crippen molar-refractivity contribution < 1.29 is 4.74 Å².